The molecule has 0 heterocycles. The number of likely N-dealkylation sites (N-methyl/N-ethyl adjacent to an activating group) is 1. The SMILES string of the molecule is Cc1ccc(C(=O)C(C)N(C)C(=O)Cc2ccc(Cl)cc2)cc1. The Balaban J connectivity index is 2.04. The summed E-state index contributed by atoms with van der Waals surface area (Å²) in [5.74, 6) is -0.155. The van der Waals surface area contributed by atoms with Crippen LogP contribution in [0.25, 0.3) is 0 Å². The van der Waals surface area contributed by atoms with Gasteiger partial charge in [-0.2, -0.15) is 0 Å². The number of carbonyl (C=O) groups is 2. The topological polar surface area (TPSA) is 37.4 Å². The minimum absolute atomic E-state index is 0.0584. The molecule has 0 fully saturated rings. The van der Waals surface area contributed by atoms with Crippen molar-refractivity contribution in [1.29, 1.82) is 0 Å². The molecule has 1 amide bonds. The Labute approximate surface area is 141 Å². The Hall–Kier alpha value is -2.13. The molecule has 0 N–H and O–H groups in total. The van der Waals surface area contributed by atoms with Crippen LogP contribution in [-0.4, -0.2) is 29.7 Å². The van der Waals surface area contributed by atoms with Gasteiger partial charge in [0.2, 0.25) is 5.91 Å². The molecule has 0 saturated heterocycles. The standard InChI is InChI=1S/C19H20ClNO2/c1-13-4-8-16(9-5-13)19(23)14(2)21(3)18(22)12-15-6-10-17(20)11-7-15/h4-11,14H,12H2,1-3H3. The molecule has 0 aliphatic rings. The molecule has 23 heavy (non-hydrogen) atoms. The first kappa shape index (κ1) is 17.2. The van der Waals surface area contributed by atoms with Crippen LogP contribution in [0.1, 0.15) is 28.4 Å². The zero-order chi connectivity index (χ0) is 17.0. The monoisotopic (exact) mass is 329 g/mol. The summed E-state index contributed by atoms with van der Waals surface area (Å²) in [5, 5.41) is 0.637. The zero-order valence-corrected chi connectivity index (χ0v) is 14.3. The lowest BCUT2D eigenvalue weighted by atomic mass is 10.0. The van der Waals surface area contributed by atoms with E-state index in [9.17, 15) is 9.59 Å². The van der Waals surface area contributed by atoms with Gasteiger partial charge in [0, 0.05) is 17.6 Å². The van der Waals surface area contributed by atoms with Crippen molar-refractivity contribution >= 4 is 23.3 Å². The quantitative estimate of drug-likeness (QED) is 0.780. The predicted molar refractivity (Wildman–Crippen MR) is 92.9 cm³/mol. The van der Waals surface area contributed by atoms with Crippen molar-refractivity contribution < 1.29 is 9.59 Å². The largest absolute Gasteiger partial charge is 0.335 e. The van der Waals surface area contributed by atoms with Gasteiger partial charge in [-0.1, -0.05) is 53.6 Å². The lowest BCUT2D eigenvalue weighted by Gasteiger charge is -2.24. The Morgan fingerprint density at radius 3 is 2.17 bits per heavy atom. The molecule has 0 aromatic heterocycles. The van der Waals surface area contributed by atoms with Crippen molar-refractivity contribution in [2.24, 2.45) is 0 Å². The van der Waals surface area contributed by atoms with E-state index >= 15 is 0 Å². The lowest BCUT2D eigenvalue weighted by molar-refractivity contribution is -0.130. The van der Waals surface area contributed by atoms with Gasteiger partial charge in [0.15, 0.2) is 5.78 Å². The third-order valence-electron chi connectivity index (χ3n) is 3.96. The molecule has 1 unspecified atom stereocenters. The molecule has 3 nitrogen and oxygen atoms in total. The van der Waals surface area contributed by atoms with Gasteiger partial charge in [0.1, 0.15) is 0 Å². The van der Waals surface area contributed by atoms with Gasteiger partial charge in [-0.05, 0) is 31.5 Å². The Bertz CT molecular complexity index is 692. The number of aryl methyl sites for hydroxylation is 1. The molecule has 2 rings (SSSR count). The van der Waals surface area contributed by atoms with E-state index < -0.39 is 6.04 Å². The van der Waals surface area contributed by atoms with Crippen LogP contribution in [0.5, 0.6) is 0 Å². The Kier molecular flexibility index (Phi) is 5.56. The predicted octanol–water partition coefficient (Wildman–Crippen LogP) is 3.92. The summed E-state index contributed by atoms with van der Waals surface area (Å²) in [4.78, 5) is 26.4. The number of Topliss-reactive ketones (excluding diaryl/α,β-unsaturated/α-hetero) is 1. The molecule has 0 aliphatic heterocycles. The van der Waals surface area contributed by atoms with E-state index in [0.717, 1.165) is 11.1 Å². The first-order valence-corrected chi connectivity index (χ1v) is 7.87. The summed E-state index contributed by atoms with van der Waals surface area (Å²) >= 11 is 5.84. The van der Waals surface area contributed by atoms with Gasteiger partial charge in [-0.15, -0.1) is 0 Å². The van der Waals surface area contributed by atoms with E-state index in [0.29, 0.717) is 10.6 Å². The van der Waals surface area contributed by atoms with Crippen molar-refractivity contribution in [1.82, 2.24) is 4.90 Å². The summed E-state index contributed by atoms with van der Waals surface area (Å²) in [6.07, 6.45) is 0.249. The van der Waals surface area contributed by atoms with Crippen LogP contribution in [0.2, 0.25) is 5.02 Å². The van der Waals surface area contributed by atoms with Crippen molar-refractivity contribution in [2.75, 3.05) is 7.05 Å². The number of halogens is 1. The van der Waals surface area contributed by atoms with E-state index in [2.05, 4.69) is 0 Å². The number of carbonyl (C=O) groups excluding carboxylic acids is 2. The summed E-state index contributed by atoms with van der Waals surface area (Å²) < 4.78 is 0. The summed E-state index contributed by atoms with van der Waals surface area (Å²) in [6, 6.07) is 14.0. The van der Waals surface area contributed by atoms with Crippen LogP contribution in [0.3, 0.4) is 0 Å². The van der Waals surface area contributed by atoms with Crippen molar-refractivity contribution in [2.45, 2.75) is 26.3 Å². The van der Waals surface area contributed by atoms with Gasteiger partial charge >= 0.3 is 0 Å². The molecule has 1 atom stereocenters. The molecular weight excluding hydrogens is 310 g/mol. The van der Waals surface area contributed by atoms with Gasteiger partial charge in [0.25, 0.3) is 0 Å². The van der Waals surface area contributed by atoms with E-state index in [1.165, 1.54) is 4.90 Å². The second-order valence-corrected chi connectivity index (χ2v) is 6.15. The van der Waals surface area contributed by atoms with E-state index in [-0.39, 0.29) is 18.1 Å². The van der Waals surface area contributed by atoms with Crippen LogP contribution in [0.15, 0.2) is 48.5 Å². The molecule has 0 aliphatic carbocycles. The second kappa shape index (κ2) is 7.42. The molecule has 2 aromatic carbocycles. The number of rotatable bonds is 5. The second-order valence-electron chi connectivity index (χ2n) is 5.71. The van der Waals surface area contributed by atoms with Crippen LogP contribution < -0.4 is 0 Å². The number of amides is 1. The fourth-order valence-electron chi connectivity index (χ4n) is 2.25. The fraction of sp³-hybridized carbons (Fsp3) is 0.263. The molecule has 0 bridgehead atoms. The summed E-state index contributed by atoms with van der Waals surface area (Å²) in [7, 11) is 1.66. The maximum absolute atomic E-state index is 12.5. The molecule has 2 aromatic rings. The highest BCUT2D eigenvalue weighted by molar-refractivity contribution is 6.30. The first-order valence-electron chi connectivity index (χ1n) is 7.49. The van der Waals surface area contributed by atoms with E-state index in [1.54, 1.807) is 38.2 Å². The normalized spacial score (nSPS) is 11.8. The van der Waals surface area contributed by atoms with Crippen LogP contribution in [0, 0.1) is 6.92 Å². The molecular formula is C19H20ClNO2. The van der Waals surface area contributed by atoms with Crippen molar-refractivity contribution in [3.8, 4) is 0 Å². The molecule has 120 valence electrons. The van der Waals surface area contributed by atoms with Gasteiger partial charge < -0.3 is 4.90 Å². The van der Waals surface area contributed by atoms with Crippen LogP contribution >= 0.6 is 11.6 Å². The smallest absolute Gasteiger partial charge is 0.227 e. The van der Waals surface area contributed by atoms with Gasteiger partial charge in [-0.25, -0.2) is 0 Å². The zero-order valence-electron chi connectivity index (χ0n) is 13.5. The first-order chi connectivity index (χ1) is 10.9. The van der Waals surface area contributed by atoms with Crippen LogP contribution in [-0.2, 0) is 11.2 Å². The summed E-state index contributed by atoms with van der Waals surface area (Å²) in [6.45, 7) is 3.72. The fourth-order valence-corrected chi connectivity index (χ4v) is 2.38. The minimum Gasteiger partial charge on any atom is -0.335 e. The number of hydrogen-bond acceptors (Lipinski definition) is 2. The molecule has 0 spiro atoms. The molecule has 0 saturated carbocycles. The van der Waals surface area contributed by atoms with Crippen molar-refractivity contribution in [3.05, 3.63) is 70.2 Å². The van der Waals surface area contributed by atoms with Gasteiger partial charge in [0.05, 0.1) is 12.5 Å². The molecule has 4 heteroatoms. The summed E-state index contributed by atoms with van der Waals surface area (Å²) in [5.41, 5.74) is 2.59. The highest BCUT2D eigenvalue weighted by atomic mass is 35.5. The minimum atomic E-state index is -0.502. The van der Waals surface area contributed by atoms with Crippen LogP contribution in [0.4, 0.5) is 0 Å². The maximum Gasteiger partial charge on any atom is 0.227 e. The molecule has 0 radical (unpaired) electrons. The third kappa shape index (κ3) is 4.42. The number of ketones is 1. The van der Waals surface area contributed by atoms with E-state index in [4.69, 9.17) is 11.6 Å². The maximum atomic E-state index is 12.5. The number of nitrogens with zero attached hydrogens (tertiary/aromatic N) is 1. The third-order valence-corrected chi connectivity index (χ3v) is 4.21. The Morgan fingerprint density at radius 1 is 1.04 bits per heavy atom. The van der Waals surface area contributed by atoms with Crippen molar-refractivity contribution in [3.63, 3.8) is 0 Å². The Morgan fingerprint density at radius 2 is 1.61 bits per heavy atom. The average Bonchev–Trinajstić information content (AvgIpc) is 2.55. The number of benzene rings is 2. The lowest BCUT2D eigenvalue weighted by Crippen LogP contribution is -2.41. The average molecular weight is 330 g/mol. The van der Waals surface area contributed by atoms with E-state index in [1.807, 2.05) is 31.2 Å². The highest BCUT2D eigenvalue weighted by Gasteiger charge is 2.23. The highest BCUT2D eigenvalue weighted by Crippen LogP contribution is 2.13. The van der Waals surface area contributed by atoms with Gasteiger partial charge in [-0.3, -0.25) is 9.59 Å². The number of hydrogen-bond donors (Lipinski definition) is 0.